The van der Waals surface area contributed by atoms with Gasteiger partial charge in [0.15, 0.2) is 0 Å². The second-order valence-electron chi connectivity index (χ2n) is 8.89. The van der Waals surface area contributed by atoms with E-state index in [4.69, 9.17) is 0 Å². The fourth-order valence-electron chi connectivity index (χ4n) is 4.36. The van der Waals surface area contributed by atoms with Crippen molar-refractivity contribution in [3.63, 3.8) is 0 Å². The maximum absolute atomic E-state index is 12.7. The van der Waals surface area contributed by atoms with Crippen LogP contribution in [0.3, 0.4) is 0 Å². The van der Waals surface area contributed by atoms with E-state index in [9.17, 15) is 14.4 Å². The Morgan fingerprint density at radius 3 is 2.53 bits per heavy atom. The van der Waals surface area contributed by atoms with Crippen molar-refractivity contribution >= 4 is 27.5 Å². The Hall–Kier alpha value is -2.71. The molecule has 2 aromatic heterocycles. The van der Waals surface area contributed by atoms with Crippen molar-refractivity contribution in [2.45, 2.75) is 33.2 Å². The molecule has 4 rings (SSSR count). The van der Waals surface area contributed by atoms with Gasteiger partial charge in [0.2, 0.25) is 0 Å². The summed E-state index contributed by atoms with van der Waals surface area (Å²) in [4.78, 5) is 40.7. The summed E-state index contributed by atoms with van der Waals surface area (Å²) in [5, 5.41) is 3.44. The Kier molecular flexibility index (Phi) is 6.35. The van der Waals surface area contributed by atoms with E-state index in [2.05, 4.69) is 42.3 Å². The molecule has 1 fully saturated rings. The van der Waals surface area contributed by atoms with Gasteiger partial charge in [-0.1, -0.05) is 23.8 Å². The molecule has 0 spiro atoms. The molecule has 3 heterocycles. The molecule has 1 aliphatic rings. The minimum absolute atomic E-state index is 0.182. The molecule has 1 amide bonds. The van der Waals surface area contributed by atoms with Crippen LogP contribution >= 0.6 is 11.3 Å². The predicted octanol–water partition coefficient (Wildman–Crippen LogP) is 2.56. The van der Waals surface area contributed by atoms with Gasteiger partial charge in [-0.15, -0.1) is 11.3 Å². The van der Waals surface area contributed by atoms with Gasteiger partial charge in [-0.05, 0) is 62.9 Å². The molecule has 0 atom stereocenters. The van der Waals surface area contributed by atoms with Crippen molar-refractivity contribution < 1.29 is 4.79 Å². The minimum atomic E-state index is -0.385. The Bertz CT molecular complexity index is 1280. The van der Waals surface area contributed by atoms with Crippen molar-refractivity contribution in [3.05, 3.63) is 66.7 Å². The number of carbonyl (C=O) groups is 1. The highest BCUT2D eigenvalue weighted by Crippen LogP contribution is 2.23. The van der Waals surface area contributed by atoms with E-state index in [1.54, 1.807) is 13.1 Å². The number of nitrogens with one attached hydrogen (secondary N) is 1. The SMILES string of the molecule is Cc1ccc(C)c(CN2CCC(CNC(=O)c3cc4c(=O)n(C)c(=O)n(C)c4s3)CC2)c1. The summed E-state index contributed by atoms with van der Waals surface area (Å²) in [6.07, 6.45) is 2.10. The van der Waals surface area contributed by atoms with Crippen LogP contribution in [-0.2, 0) is 20.6 Å². The molecule has 8 heteroatoms. The topological polar surface area (TPSA) is 76.3 Å². The van der Waals surface area contributed by atoms with Gasteiger partial charge >= 0.3 is 5.69 Å². The van der Waals surface area contributed by atoms with Crippen LogP contribution in [0.15, 0.2) is 33.9 Å². The van der Waals surface area contributed by atoms with E-state index in [0.717, 1.165) is 37.0 Å². The summed E-state index contributed by atoms with van der Waals surface area (Å²) in [5.41, 5.74) is 3.27. The number of likely N-dealkylation sites (tertiary alicyclic amines) is 1. The maximum atomic E-state index is 12.7. The number of fused-ring (bicyclic) bond motifs is 1. The quantitative estimate of drug-likeness (QED) is 0.643. The summed E-state index contributed by atoms with van der Waals surface area (Å²) < 4.78 is 2.49. The molecule has 0 aliphatic carbocycles. The molecule has 1 aliphatic heterocycles. The zero-order chi connectivity index (χ0) is 23.0. The van der Waals surface area contributed by atoms with Gasteiger partial charge in [-0.2, -0.15) is 0 Å². The number of aryl methyl sites for hydroxylation is 3. The average molecular weight is 455 g/mol. The highest BCUT2D eigenvalue weighted by atomic mass is 32.1. The Balaban J connectivity index is 1.34. The minimum Gasteiger partial charge on any atom is -0.351 e. The molecule has 3 aromatic rings. The van der Waals surface area contributed by atoms with Crippen molar-refractivity contribution in [1.82, 2.24) is 19.4 Å². The number of rotatable bonds is 5. The van der Waals surface area contributed by atoms with Gasteiger partial charge < -0.3 is 5.32 Å². The highest BCUT2D eigenvalue weighted by molar-refractivity contribution is 7.20. The van der Waals surface area contributed by atoms with Crippen molar-refractivity contribution in [1.29, 1.82) is 0 Å². The number of thiophene rings is 1. The molecule has 32 heavy (non-hydrogen) atoms. The smallest absolute Gasteiger partial charge is 0.331 e. The molecular weight excluding hydrogens is 424 g/mol. The van der Waals surface area contributed by atoms with E-state index in [1.807, 2.05) is 0 Å². The fourth-order valence-corrected chi connectivity index (χ4v) is 5.38. The molecule has 1 aromatic carbocycles. The highest BCUT2D eigenvalue weighted by Gasteiger charge is 2.22. The van der Waals surface area contributed by atoms with Crippen molar-refractivity contribution in [3.8, 4) is 0 Å². The molecule has 1 N–H and O–H groups in total. The molecule has 0 saturated carbocycles. The molecular formula is C24H30N4O3S. The molecule has 1 saturated heterocycles. The lowest BCUT2D eigenvalue weighted by Gasteiger charge is -2.32. The largest absolute Gasteiger partial charge is 0.351 e. The summed E-state index contributed by atoms with van der Waals surface area (Å²) in [6, 6.07) is 8.22. The third-order valence-corrected chi connectivity index (χ3v) is 7.72. The first-order valence-corrected chi connectivity index (χ1v) is 11.8. The van der Waals surface area contributed by atoms with Crippen LogP contribution in [0, 0.1) is 19.8 Å². The maximum Gasteiger partial charge on any atom is 0.331 e. The van der Waals surface area contributed by atoms with Gasteiger partial charge in [-0.25, -0.2) is 4.79 Å². The van der Waals surface area contributed by atoms with Crippen molar-refractivity contribution in [2.75, 3.05) is 19.6 Å². The van der Waals surface area contributed by atoms with Crippen LogP contribution in [0.1, 0.15) is 39.2 Å². The van der Waals surface area contributed by atoms with Crippen LogP contribution in [0.2, 0.25) is 0 Å². The van der Waals surface area contributed by atoms with Gasteiger partial charge in [0.25, 0.3) is 11.5 Å². The van der Waals surface area contributed by atoms with Crippen LogP contribution in [0.4, 0.5) is 0 Å². The predicted molar refractivity (Wildman–Crippen MR) is 129 cm³/mol. The Morgan fingerprint density at radius 2 is 1.81 bits per heavy atom. The number of hydrogen-bond acceptors (Lipinski definition) is 5. The lowest BCUT2D eigenvalue weighted by Crippen LogP contribution is -2.38. The zero-order valence-electron chi connectivity index (χ0n) is 19.1. The fraction of sp³-hybridized carbons (Fsp3) is 0.458. The average Bonchev–Trinajstić information content (AvgIpc) is 3.24. The van der Waals surface area contributed by atoms with Gasteiger partial charge in [0.1, 0.15) is 4.83 Å². The number of nitrogens with zero attached hydrogens (tertiary/aromatic N) is 3. The van der Waals surface area contributed by atoms with E-state index in [0.29, 0.717) is 27.6 Å². The van der Waals surface area contributed by atoms with Crippen LogP contribution < -0.4 is 16.6 Å². The van der Waals surface area contributed by atoms with Crippen LogP contribution in [0.5, 0.6) is 0 Å². The van der Waals surface area contributed by atoms with Crippen molar-refractivity contribution in [2.24, 2.45) is 20.0 Å². The molecule has 0 unspecified atom stereocenters. The van der Waals surface area contributed by atoms with E-state index < -0.39 is 0 Å². The van der Waals surface area contributed by atoms with Gasteiger partial charge in [0, 0.05) is 27.2 Å². The van der Waals surface area contributed by atoms with Crippen LogP contribution in [0.25, 0.3) is 10.2 Å². The summed E-state index contributed by atoms with van der Waals surface area (Å²) in [6.45, 7) is 7.94. The lowest BCUT2D eigenvalue weighted by molar-refractivity contribution is 0.0939. The number of carbonyl (C=O) groups excluding carboxylic acids is 1. The standard InChI is InChI=1S/C24H30N4O3S/c1-15-5-6-16(2)18(11-15)14-28-9-7-17(8-10-28)13-25-21(29)20-12-19-22(30)26(3)24(31)27(4)23(19)32-20/h5-6,11-12,17H,7-10,13-14H2,1-4H3,(H,25,29). The van der Waals surface area contributed by atoms with Gasteiger partial charge in [0.05, 0.1) is 10.3 Å². The second kappa shape index (κ2) is 9.03. The van der Waals surface area contributed by atoms with Crippen LogP contribution in [-0.4, -0.2) is 39.6 Å². The third kappa shape index (κ3) is 4.42. The zero-order valence-corrected chi connectivity index (χ0v) is 19.9. The number of hydrogen-bond donors (Lipinski definition) is 1. The number of amides is 1. The van der Waals surface area contributed by atoms with Gasteiger partial charge in [-0.3, -0.25) is 23.6 Å². The molecule has 0 radical (unpaired) electrons. The Labute approximate surface area is 191 Å². The van der Waals surface area contributed by atoms with E-state index >= 15 is 0 Å². The van der Waals surface area contributed by atoms with E-state index in [1.165, 1.54) is 39.6 Å². The summed E-state index contributed by atoms with van der Waals surface area (Å²) in [7, 11) is 3.07. The Morgan fingerprint density at radius 1 is 1.09 bits per heavy atom. The first kappa shape index (κ1) is 22.5. The summed E-state index contributed by atoms with van der Waals surface area (Å²) in [5.74, 6) is 0.263. The van der Waals surface area contributed by atoms with E-state index in [-0.39, 0.29) is 17.2 Å². The number of benzene rings is 1. The second-order valence-corrected chi connectivity index (χ2v) is 9.93. The molecule has 7 nitrogen and oxygen atoms in total. The number of aromatic nitrogens is 2. The third-order valence-electron chi connectivity index (χ3n) is 6.51. The summed E-state index contributed by atoms with van der Waals surface area (Å²) >= 11 is 1.19. The first-order chi connectivity index (χ1) is 15.2. The normalized spacial score (nSPS) is 15.4. The monoisotopic (exact) mass is 454 g/mol. The lowest BCUT2D eigenvalue weighted by atomic mass is 9.96. The molecule has 0 bridgehead atoms. The molecule has 170 valence electrons. The number of piperidine rings is 1. The first-order valence-electron chi connectivity index (χ1n) is 11.0.